The molecule has 1 aromatic heterocycles. The molecule has 8 heteroatoms. The van der Waals surface area contributed by atoms with Crippen molar-refractivity contribution in [3.8, 4) is 11.5 Å². The molecule has 0 radical (unpaired) electrons. The molecule has 0 aliphatic carbocycles. The van der Waals surface area contributed by atoms with E-state index in [2.05, 4.69) is 10.1 Å². The van der Waals surface area contributed by atoms with Gasteiger partial charge in [0.1, 0.15) is 12.5 Å². The molecule has 0 saturated heterocycles. The summed E-state index contributed by atoms with van der Waals surface area (Å²) in [5.74, 6) is 0.299. The third-order valence-electron chi connectivity index (χ3n) is 4.18. The Kier molecular flexibility index (Phi) is 15.2. The Morgan fingerprint density at radius 3 is 2.28 bits per heavy atom. The lowest BCUT2D eigenvalue weighted by Gasteiger charge is -2.16. The average Bonchev–Trinajstić information content (AvgIpc) is 3.26. The van der Waals surface area contributed by atoms with Crippen LogP contribution in [-0.2, 0) is 11.2 Å². The zero-order valence-electron chi connectivity index (χ0n) is 19.8. The second-order valence-electron chi connectivity index (χ2n) is 6.62. The lowest BCUT2D eigenvalue weighted by atomic mass is 10.2. The molecule has 0 fully saturated rings. The lowest BCUT2D eigenvalue weighted by molar-refractivity contribution is -0.125. The van der Waals surface area contributed by atoms with Gasteiger partial charge in [-0.3, -0.25) is 4.79 Å². The predicted molar refractivity (Wildman–Crippen MR) is 122 cm³/mol. The monoisotopic (exact) mass is 453 g/mol. The first-order valence-electron chi connectivity index (χ1n) is 10.6. The van der Waals surface area contributed by atoms with Crippen molar-refractivity contribution >= 4 is 5.91 Å². The molecule has 178 valence electrons. The number of aryl methyl sites for hydroxylation is 1. The highest BCUT2D eigenvalue weighted by molar-refractivity contribution is 5.92. The van der Waals surface area contributed by atoms with E-state index >= 15 is 0 Å². The van der Waals surface area contributed by atoms with Gasteiger partial charge in [-0.05, 0) is 64.0 Å². The van der Waals surface area contributed by atoms with E-state index in [9.17, 15) is 18.0 Å². The van der Waals surface area contributed by atoms with Crippen LogP contribution in [0.3, 0.4) is 0 Å². The van der Waals surface area contributed by atoms with Crippen molar-refractivity contribution < 1.29 is 22.5 Å². The van der Waals surface area contributed by atoms with E-state index in [0.29, 0.717) is 30.2 Å². The van der Waals surface area contributed by atoms with Crippen LogP contribution in [0.25, 0.3) is 11.5 Å². The van der Waals surface area contributed by atoms with Crippen molar-refractivity contribution in [1.82, 2.24) is 15.0 Å². The zero-order valence-corrected chi connectivity index (χ0v) is 19.8. The van der Waals surface area contributed by atoms with Crippen LogP contribution in [0.5, 0.6) is 0 Å². The van der Waals surface area contributed by atoms with Crippen molar-refractivity contribution in [2.45, 2.75) is 53.9 Å². The van der Waals surface area contributed by atoms with Gasteiger partial charge in [-0.15, -0.1) is 0 Å². The number of unbranched alkanes of at least 4 members (excludes halogenated alkanes) is 1. The third-order valence-corrected chi connectivity index (χ3v) is 4.18. The van der Waals surface area contributed by atoms with Gasteiger partial charge in [0.25, 0.3) is 5.89 Å². The summed E-state index contributed by atoms with van der Waals surface area (Å²) in [5.41, 5.74) is 1.45. The number of hydrogen-bond donors (Lipinski definition) is 0. The first-order chi connectivity index (χ1) is 15.3. The van der Waals surface area contributed by atoms with Gasteiger partial charge < -0.3 is 9.42 Å². The zero-order chi connectivity index (χ0) is 24.5. The molecule has 1 heterocycles. The van der Waals surface area contributed by atoms with Gasteiger partial charge in [-0.25, -0.2) is 13.2 Å². The normalized spacial score (nSPS) is 11.2. The highest BCUT2D eigenvalue weighted by Crippen LogP contribution is 2.18. The van der Waals surface area contributed by atoms with Gasteiger partial charge in [0.15, 0.2) is 5.82 Å². The molecule has 1 aromatic carbocycles. The van der Waals surface area contributed by atoms with Gasteiger partial charge in [-0.1, -0.05) is 25.1 Å². The van der Waals surface area contributed by atoms with E-state index in [1.165, 1.54) is 19.1 Å². The van der Waals surface area contributed by atoms with Crippen LogP contribution in [0.4, 0.5) is 13.2 Å². The van der Waals surface area contributed by atoms with Gasteiger partial charge in [0.05, 0.1) is 5.83 Å². The summed E-state index contributed by atoms with van der Waals surface area (Å²) in [6.07, 6.45) is 5.08. The number of allylic oxidation sites excluding steroid dienone is 3. The summed E-state index contributed by atoms with van der Waals surface area (Å²) in [7, 11) is 1.80. The predicted octanol–water partition coefficient (Wildman–Crippen LogP) is 6.48. The minimum Gasteiger partial charge on any atom is -0.342 e. The van der Waals surface area contributed by atoms with Crippen LogP contribution in [0.2, 0.25) is 0 Å². The van der Waals surface area contributed by atoms with Crippen LogP contribution in [0, 0.1) is 5.82 Å². The number of halogens is 3. The summed E-state index contributed by atoms with van der Waals surface area (Å²) in [4.78, 5) is 17.9. The number of carbonyl (C=O) groups excluding carboxylic acids is 1. The first-order valence-corrected chi connectivity index (χ1v) is 10.6. The van der Waals surface area contributed by atoms with Crippen molar-refractivity contribution in [2.24, 2.45) is 0 Å². The average molecular weight is 454 g/mol. The third kappa shape index (κ3) is 11.5. The number of benzene rings is 1. The number of hydrogen-bond acceptors (Lipinski definition) is 4. The van der Waals surface area contributed by atoms with Gasteiger partial charge >= 0.3 is 0 Å². The molecule has 32 heavy (non-hydrogen) atoms. The maximum absolute atomic E-state index is 12.9. The number of likely N-dealkylation sites (N-methyl/N-ethyl adjacent to an activating group) is 1. The molecule has 2 rings (SSSR count). The number of carbonyl (C=O) groups is 1. The van der Waals surface area contributed by atoms with E-state index in [4.69, 9.17) is 4.52 Å². The molecular formula is C24H34F3N3O2. The summed E-state index contributed by atoms with van der Waals surface area (Å²) in [5, 5.41) is 3.94. The largest absolute Gasteiger partial charge is 0.342 e. The Morgan fingerprint density at radius 1 is 1.16 bits per heavy atom. The van der Waals surface area contributed by atoms with Crippen molar-refractivity contribution in [2.75, 3.05) is 20.3 Å². The molecule has 2 aromatic rings. The fraction of sp³-hybridized carbons (Fsp3) is 0.458. The second kappa shape index (κ2) is 16.8. The molecule has 0 unspecified atom stereocenters. The van der Waals surface area contributed by atoms with E-state index in [0.717, 1.165) is 24.5 Å². The van der Waals surface area contributed by atoms with Crippen LogP contribution >= 0.6 is 0 Å². The Balaban J connectivity index is 0.00000104. The maximum atomic E-state index is 12.9. The number of aromatic nitrogens is 2. The molecule has 0 saturated carbocycles. The SMILES string of the molecule is C/C(F)=C\CF.C/C=C(\C)C(=O)N(C)CCCCc1noc(-c2ccc(F)cc2)n1.CC. The fourth-order valence-corrected chi connectivity index (χ4v) is 2.33. The van der Waals surface area contributed by atoms with Crippen molar-refractivity contribution in [3.63, 3.8) is 0 Å². The summed E-state index contributed by atoms with van der Waals surface area (Å²) in [6, 6.07) is 5.94. The van der Waals surface area contributed by atoms with Crippen LogP contribution in [-0.4, -0.2) is 41.2 Å². The van der Waals surface area contributed by atoms with Gasteiger partial charge in [0, 0.05) is 31.1 Å². The molecule has 0 spiro atoms. The minimum absolute atomic E-state index is 0.0515. The molecule has 0 atom stereocenters. The smallest absolute Gasteiger partial charge is 0.257 e. The Bertz CT molecular complexity index is 842. The highest BCUT2D eigenvalue weighted by atomic mass is 19.1. The van der Waals surface area contributed by atoms with Gasteiger partial charge in [0.2, 0.25) is 5.91 Å². The second-order valence-corrected chi connectivity index (χ2v) is 6.62. The summed E-state index contributed by atoms with van der Waals surface area (Å²) < 4.78 is 40.4. The van der Waals surface area contributed by atoms with Crippen LogP contribution in [0.15, 0.2) is 52.3 Å². The van der Waals surface area contributed by atoms with Crippen molar-refractivity contribution in [3.05, 3.63) is 59.5 Å². The van der Waals surface area contributed by atoms with E-state index < -0.39 is 12.5 Å². The highest BCUT2D eigenvalue weighted by Gasteiger charge is 2.11. The molecule has 0 bridgehead atoms. The number of nitrogens with zero attached hydrogens (tertiary/aromatic N) is 3. The van der Waals surface area contributed by atoms with E-state index in [1.807, 2.05) is 33.8 Å². The minimum atomic E-state index is -0.706. The quantitative estimate of drug-likeness (QED) is 0.339. The summed E-state index contributed by atoms with van der Waals surface area (Å²) in [6.45, 7) is 8.86. The lowest BCUT2D eigenvalue weighted by Crippen LogP contribution is -2.28. The molecule has 0 N–H and O–H groups in total. The number of alkyl halides is 1. The Hall–Kier alpha value is -2.90. The maximum Gasteiger partial charge on any atom is 0.257 e. The topological polar surface area (TPSA) is 59.2 Å². The Morgan fingerprint density at radius 2 is 1.78 bits per heavy atom. The molecular weight excluding hydrogens is 419 g/mol. The van der Waals surface area contributed by atoms with Gasteiger partial charge in [-0.2, -0.15) is 4.98 Å². The Labute approximate surface area is 189 Å². The van der Waals surface area contributed by atoms with Crippen molar-refractivity contribution in [1.29, 1.82) is 0 Å². The standard InChI is InChI=1S/C18H22FN3O2.C4H6F2.C2H6/c1-4-13(2)18(23)22(3)12-6-5-7-16-20-17(24-21-16)14-8-10-15(19)11-9-14;1-4(6)2-3-5;1-2/h4,8-11H,5-7,12H2,1-3H3;2H,3H2,1H3;1-2H3/b13-4+;4-2+;. The molecule has 5 nitrogen and oxygen atoms in total. The van der Waals surface area contributed by atoms with E-state index in [1.54, 1.807) is 24.1 Å². The number of amides is 1. The molecule has 0 aliphatic heterocycles. The van der Waals surface area contributed by atoms with E-state index in [-0.39, 0.29) is 11.7 Å². The molecule has 0 aliphatic rings. The first kappa shape index (κ1) is 29.1. The fourth-order valence-electron chi connectivity index (χ4n) is 2.33. The molecule has 1 amide bonds. The van der Waals surface area contributed by atoms with Crippen LogP contribution in [0.1, 0.15) is 53.3 Å². The van der Waals surface area contributed by atoms with Crippen LogP contribution < -0.4 is 0 Å². The number of rotatable bonds is 8. The summed E-state index contributed by atoms with van der Waals surface area (Å²) >= 11 is 0.